The minimum atomic E-state index is -4.66. The molecule has 10 nitrogen and oxygen atoms in total. The first-order valence-electron chi connectivity index (χ1n) is 10.8. The highest BCUT2D eigenvalue weighted by Crippen LogP contribution is 2.36. The Morgan fingerprint density at radius 1 is 1.05 bits per heavy atom. The maximum Gasteiger partial charge on any atom is 0.424 e. The highest BCUT2D eigenvalue weighted by Gasteiger charge is 2.32. The van der Waals surface area contributed by atoms with Crippen LogP contribution in [0, 0.1) is 0 Å². The summed E-state index contributed by atoms with van der Waals surface area (Å²) in [5, 5.41) is 2.20. The monoisotopic (exact) mass is 609 g/mol. The number of alkyl halides is 3. The number of carbonyl (C=O) groups is 1. The Kier molecular flexibility index (Phi) is 10.1. The third kappa shape index (κ3) is 9.35. The number of amides is 1. The number of halogens is 5. The number of nitrogens with one attached hydrogen (secondary N) is 2. The quantitative estimate of drug-likeness (QED) is 0.261. The molecular formula is C23H20Cl2F3N3O7S. The molecule has 0 radical (unpaired) electrons. The van der Waals surface area contributed by atoms with E-state index in [0.29, 0.717) is 23.0 Å². The van der Waals surface area contributed by atoms with Crippen LogP contribution in [0.4, 0.5) is 23.7 Å². The van der Waals surface area contributed by atoms with Gasteiger partial charge >= 0.3 is 22.6 Å². The van der Waals surface area contributed by atoms with Gasteiger partial charge in [0.1, 0.15) is 23.1 Å². The molecule has 1 amide bonds. The molecule has 1 aromatic heterocycles. The smallest absolute Gasteiger partial charge is 0.424 e. The first-order valence-corrected chi connectivity index (χ1v) is 12.9. The fourth-order valence-corrected chi connectivity index (χ4v) is 3.90. The summed E-state index contributed by atoms with van der Waals surface area (Å²) in [4.78, 5) is 15.8. The number of ether oxygens (including phenoxy) is 3. The molecule has 0 spiro atoms. The third-order valence-electron chi connectivity index (χ3n) is 4.63. The zero-order valence-corrected chi connectivity index (χ0v) is 22.2. The van der Waals surface area contributed by atoms with Crippen molar-refractivity contribution in [3.8, 4) is 17.4 Å². The molecule has 16 heteroatoms. The fourth-order valence-electron chi connectivity index (χ4n) is 2.85. The normalized spacial score (nSPS) is 11.5. The van der Waals surface area contributed by atoms with Gasteiger partial charge in [0.15, 0.2) is 0 Å². The van der Waals surface area contributed by atoms with Crippen molar-refractivity contribution >= 4 is 45.3 Å². The minimum Gasteiger partial charge on any atom is -0.491 e. The van der Waals surface area contributed by atoms with Crippen molar-refractivity contribution in [2.75, 3.05) is 25.0 Å². The molecule has 0 aliphatic rings. The zero-order chi connectivity index (χ0) is 28.6. The van der Waals surface area contributed by atoms with Crippen molar-refractivity contribution < 1.29 is 44.8 Å². The molecule has 2 N–H and O–H groups in total. The lowest BCUT2D eigenvalue weighted by Gasteiger charge is -2.15. The third-order valence-corrected chi connectivity index (χ3v) is 6.01. The molecule has 0 fully saturated rings. The number of methoxy groups -OCH3 is 1. The first kappa shape index (κ1) is 30.1. The van der Waals surface area contributed by atoms with Crippen LogP contribution in [0.15, 0.2) is 54.7 Å². The van der Waals surface area contributed by atoms with E-state index in [1.54, 1.807) is 0 Å². The standard InChI is InChI=1S/C23H20Cl2F3N3O7S/c1-35-8-9-36-18-7-2-14(20(11-18)37-21-19(25)10-15(13-29-21)23(26,27)28)12-30-22(32)38-39(33,34)31-17-5-3-16(24)4-6-17/h2-7,10-11,13,31H,8-9,12H2,1H3,(H,30,32). The number of anilines is 1. The van der Waals surface area contributed by atoms with Gasteiger partial charge in [-0.15, -0.1) is 0 Å². The van der Waals surface area contributed by atoms with Crippen molar-refractivity contribution in [3.63, 3.8) is 0 Å². The van der Waals surface area contributed by atoms with E-state index in [9.17, 15) is 26.4 Å². The van der Waals surface area contributed by atoms with Crippen LogP contribution in [-0.2, 0) is 31.9 Å². The summed E-state index contributed by atoms with van der Waals surface area (Å²) in [6, 6.07) is 10.6. The van der Waals surface area contributed by atoms with E-state index in [2.05, 4.69) is 14.5 Å². The molecular weight excluding hydrogens is 590 g/mol. The zero-order valence-electron chi connectivity index (χ0n) is 19.9. The Balaban J connectivity index is 1.74. The van der Waals surface area contributed by atoms with Gasteiger partial charge in [-0.25, -0.2) is 9.78 Å². The van der Waals surface area contributed by atoms with Gasteiger partial charge in [-0.1, -0.05) is 23.2 Å². The molecule has 210 valence electrons. The van der Waals surface area contributed by atoms with Crippen LogP contribution in [-0.4, -0.2) is 39.8 Å². The van der Waals surface area contributed by atoms with E-state index in [1.807, 2.05) is 4.72 Å². The molecule has 39 heavy (non-hydrogen) atoms. The number of hydrogen-bond donors (Lipinski definition) is 2. The largest absolute Gasteiger partial charge is 0.491 e. The summed E-state index contributed by atoms with van der Waals surface area (Å²) in [5.74, 6) is -0.0510. The van der Waals surface area contributed by atoms with Crippen LogP contribution >= 0.6 is 23.2 Å². The van der Waals surface area contributed by atoms with Gasteiger partial charge in [-0.3, -0.25) is 4.72 Å². The van der Waals surface area contributed by atoms with Crippen molar-refractivity contribution in [2.24, 2.45) is 0 Å². The average Bonchev–Trinajstić information content (AvgIpc) is 2.85. The Bertz CT molecular complexity index is 1410. The molecule has 0 aliphatic carbocycles. The van der Waals surface area contributed by atoms with E-state index in [0.717, 1.165) is 0 Å². The molecule has 0 bridgehead atoms. The Hall–Kier alpha value is -3.46. The van der Waals surface area contributed by atoms with Gasteiger partial charge in [0.05, 0.1) is 17.9 Å². The Morgan fingerprint density at radius 2 is 1.77 bits per heavy atom. The van der Waals surface area contributed by atoms with Crippen molar-refractivity contribution in [1.29, 1.82) is 0 Å². The summed E-state index contributed by atoms with van der Waals surface area (Å²) >= 11 is 11.7. The van der Waals surface area contributed by atoms with Gasteiger partial charge in [0.2, 0.25) is 5.88 Å². The van der Waals surface area contributed by atoms with E-state index in [-0.39, 0.29) is 42.6 Å². The summed E-state index contributed by atoms with van der Waals surface area (Å²) in [6.45, 7) is 0.134. The van der Waals surface area contributed by atoms with Crippen LogP contribution < -0.4 is 19.5 Å². The average molecular weight is 610 g/mol. The number of hydrogen-bond acceptors (Lipinski definition) is 8. The van der Waals surface area contributed by atoms with Crippen LogP contribution in [0.5, 0.6) is 17.4 Å². The van der Waals surface area contributed by atoms with E-state index < -0.39 is 33.2 Å². The maximum atomic E-state index is 13.0. The minimum absolute atomic E-state index is 0.00141. The summed E-state index contributed by atoms with van der Waals surface area (Å²) in [6.07, 6.45) is -5.44. The molecule has 0 atom stereocenters. The molecule has 1 heterocycles. The maximum absolute atomic E-state index is 13.0. The Morgan fingerprint density at radius 3 is 2.41 bits per heavy atom. The molecule has 0 unspecified atom stereocenters. The van der Waals surface area contributed by atoms with Crippen LogP contribution in [0.3, 0.4) is 0 Å². The molecule has 0 saturated carbocycles. The highest BCUT2D eigenvalue weighted by atomic mass is 35.5. The van der Waals surface area contributed by atoms with Crippen molar-refractivity contribution in [1.82, 2.24) is 10.3 Å². The highest BCUT2D eigenvalue weighted by molar-refractivity contribution is 7.88. The second-order valence-corrected chi connectivity index (χ2v) is 9.63. The fraction of sp³-hybridized carbons (Fsp3) is 0.217. The second-order valence-electron chi connectivity index (χ2n) is 7.51. The summed E-state index contributed by atoms with van der Waals surface area (Å²) in [5.41, 5.74) is -0.714. The van der Waals surface area contributed by atoms with E-state index >= 15 is 0 Å². The van der Waals surface area contributed by atoms with Crippen molar-refractivity contribution in [2.45, 2.75) is 12.7 Å². The number of nitrogens with zero attached hydrogens (tertiary/aromatic N) is 1. The number of rotatable bonds is 11. The van der Waals surface area contributed by atoms with Gasteiger partial charge in [-0.05, 0) is 42.5 Å². The predicted molar refractivity (Wildman–Crippen MR) is 135 cm³/mol. The van der Waals surface area contributed by atoms with E-state index in [1.165, 1.54) is 49.6 Å². The molecule has 2 aromatic carbocycles. The van der Waals surface area contributed by atoms with Crippen LogP contribution in [0.25, 0.3) is 0 Å². The van der Waals surface area contributed by atoms with Gasteiger partial charge in [0, 0.05) is 36.5 Å². The number of benzene rings is 2. The SMILES string of the molecule is COCCOc1ccc(CNC(=O)OS(=O)(=O)Nc2ccc(Cl)cc2)c(Oc2ncc(C(F)(F)F)cc2Cl)c1. The number of carbonyl (C=O) groups excluding carboxylic acids is 1. The lowest BCUT2D eigenvalue weighted by Crippen LogP contribution is -2.29. The summed E-state index contributed by atoms with van der Waals surface area (Å²) < 4.78 is 85.7. The molecule has 0 aliphatic heterocycles. The molecule has 0 saturated heterocycles. The Labute approximate surface area is 231 Å². The predicted octanol–water partition coefficient (Wildman–Crippen LogP) is 5.81. The lowest BCUT2D eigenvalue weighted by atomic mass is 10.2. The van der Waals surface area contributed by atoms with Crippen LogP contribution in [0.1, 0.15) is 11.1 Å². The first-order chi connectivity index (χ1) is 18.4. The van der Waals surface area contributed by atoms with Gasteiger partial charge < -0.3 is 23.7 Å². The van der Waals surface area contributed by atoms with Gasteiger partial charge in [0.25, 0.3) is 0 Å². The van der Waals surface area contributed by atoms with Crippen molar-refractivity contribution in [3.05, 3.63) is 75.9 Å². The van der Waals surface area contributed by atoms with Crippen LogP contribution in [0.2, 0.25) is 10.0 Å². The summed E-state index contributed by atoms with van der Waals surface area (Å²) in [7, 11) is -3.06. The lowest BCUT2D eigenvalue weighted by molar-refractivity contribution is -0.137. The molecule has 3 rings (SSSR count). The number of pyridine rings is 1. The topological polar surface area (TPSA) is 125 Å². The molecule has 3 aromatic rings. The van der Waals surface area contributed by atoms with Gasteiger partial charge in [-0.2, -0.15) is 21.6 Å². The second kappa shape index (κ2) is 13.1. The van der Waals surface area contributed by atoms with E-state index in [4.69, 9.17) is 37.4 Å². The number of aromatic nitrogens is 1.